The number of phenols is 1. The minimum Gasteiger partial charge on any atom is -0.508 e. The zero-order valence-electron chi connectivity index (χ0n) is 31.8. The molecule has 0 bridgehead atoms. The number of rotatable bonds is 9. The highest BCUT2D eigenvalue weighted by molar-refractivity contribution is 6.24. The molecule has 3 aliphatic carbocycles. The number of nitrogens with zero attached hydrogens (tertiary/aromatic N) is 3. The number of phenolic OH excluding ortho intramolecular Hbond substituents is 1. The van der Waals surface area contributed by atoms with Crippen LogP contribution >= 0.6 is 0 Å². The van der Waals surface area contributed by atoms with Crippen LogP contribution in [0.4, 0.5) is 20.6 Å². The Morgan fingerprint density at radius 1 is 1.04 bits per heavy atom. The van der Waals surface area contributed by atoms with Crippen molar-refractivity contribution >= 4 is 52.6 Å². The van der Waals surface area contributed by atoms with Crippen molar-refractivity contribution in [3.05, 3.63) is 69.7 Å². The van der Waals surface area contributed by atoms with Gasteiger partial charge in [0.25, 0.3) is 5.91 Å². The van der Waals surface area contributed by atoms with Crippen LogP contribution in [0.5, 0.6) is 5.75 Å². The lowest BCUT2D eigenvalue weighted by Gasteiger charge is -2.50. The minimum absolute atomic E-state index is 0.00890. The van der Waals surface area contributed by atoms with Gasteiger partial charge >= 0.3 is 12.1 Å². The van der Waals surface area contributed by atoms with Gasteiger partial charge in [0, 0.05) is 36.8 Å². The predicted molar refractivity (Wildman–Crippen MR) is 197 cm³/mol. The molecule has 1 saturated carbocycles. The molecule has 300 valence electrons. The molecule has 0 spiro atoms. The maximum Gasteiger partial charge on any atom is 0.413 e. The number of likely N-dealkylation sites (N-methyl/N-ethyl adjacent to an activating group) is 1. The number of carbonyl (C=O) groups is 6. The molecule has 3 aliphatic rings. The number of hydrogen-bond acceptors (Lipinski definition) is 14. The second-order valence-corrected chi connectivity index (χ2v) is 15.2. The van der Waals surface area contributed by atoms with E-state index in [1.54, 1.807) is 39.8 Å². The summed E-state index contributed by atoms with van der Waals surface area (Å²) in [4.78, 5) is 82.8. The van der Waals surface area contributed by atoms with Crippen molar-refractivity contribution in [3.8, 4) is 5.75 Å². The number of aliphatic hydroxyl groups is 3. The summed E-state index contributed by atoms with van der Waals surface area (Å²) in [6.07, 6.45) is -1.18. The molecule has 0 heterocycles. The predicted octanol–water partition coefficient (Wildman–Crippen LogP) is 2.16. The number of ketones is 2. The van der Waals surface area contributed by atoms with Crippen LogP contribution in [0.3, 0.4) is 0 Å². The summed E-state index contributed by atoms with van der Waals surface area (Å²) in [5.41, 5.74) is 0.0933. The number of primary amides is 1. The third-order valence-corrected chi connectivity index (χ3v) is 10.3. The van der Waals surface area contributed by atoms with Gasteiger partial charge in [-0.05, 0) is 77.4 Å². The first-order valence-electron chi connectivity index (χ1n) is 17.4. The molecule has 0 aliphatic heterocycles. The molecule has 5 rings (SSSR count). The fourth-order valence-corrected chi connectivity index (χ4v) is 7.61. The highest BCUT2D eigenvalue weighted by Crippen LogP contribution is 2.54. The molecule has 4 atom stereocenters. The Morgan fingerprint density at radius 2 is 1.68 bits per heavy atom. The van der Waals surface area contributed by atoms with Crippen LogP contribution in [0.1, 0.15) is 48.7 Å². The number of nitrogens with two attached hydrogens (primary N) is 1. The monoisotopic (exact) mass is 781 g/mol. The molecular weight excluding hydrogens is 737 g/mol. The molecule has 0 saturated heterocycles. The number of benzene rings is 2. The molecule has 2 aromatic carbocycles. The minimum atomic E-state index is -2.84. The van der Waals surface area contributed by atoms with Gasteiger partial charge in [-0.1, -0.05) is 12.1 Å². The zero-order chi connectivity index (χ0) is 41.8. The summed E-state index contributed by atoms with van der Waals surface area (Å²) >= 11 is 0. The summed E-state index contributed by atoms with van der Waals surface area (Å²) in [5, 5.41) is 48.9. The third-order valence-electron chi connectivity index (χ3n) is 10.3. The van der Waals surface area contributed by atoms with Crippen molar-refractivity contribution in [3.63, 3.8) is 0 Å². The van der Waals surface area contributed by atoms with E-state index in [-0.39, 0.29) is 35.2 Å². The number of esters is 1. The molecule has 3 amide bonds. The van der Waals surface area contributed by atoms with E-state index >= 15 is 0 Å². The number of ether oxygens (including phenoxy) is 2. The highest BCUT2D eigenvalue weighted by Gasteiger charge is 2.64. The van der Waals surface area contributed by atoms with E-state index in [1.165, 1.54) is 43.3 Å². The number of carbonyl (C=O) groups excluding carboxylic acids is 6. The Kier molecular flexibility index (Phi) is 11.0. The van der Waals surface area contributed by atoms with Gasteiger partial charge in [-0.3, -0.25) is 29.0 Å². The summed E-state index contributed by atoms with van der Waals surface area (Å²) in [7, 11) is 6.32. The van der Waals surface area contributed by atoms with Crippen LogP contribution in [-0.4, -0.2) is 124 Å². The lowest BCUT2D eigenvalue weighted by Crippen LogP contribution is -2.65. The van der Waals surface area contributed by atoms with Gasteiger partial charge in [0.1, 0.15) is 35.2 Å². The lowest BCUT2D eigenvalue weighted by molar-refractivity contribution is -0.153. The maximum absolute atomic E-state index is 14.3. The summed E-state index contributed by atoms with van der Waals surface area (Å²) < 4.78 is 23.9. The lowest BCUT2D eigenvalue weighted by atomic mass is 9.57. The Labute approximate surface area is 320 Å². The SMILES string of the molecule is CN(C)c1cc(NC(=O)CN(C(=O)OCOC(=O)c2ccccc2F)C(C)(C)C)c(O)c2c1C[C@H]1C[C@H]3[C@H](N(C)C)C(=O)C(C(N)=O)=C(O)[C@@]3(O)C(=O)C1=C2O. The highest BCUT2D eigenvalue weighted by atomic mass is 19.1. The molecule has 7 N–H and O–H groups in total. The number of aromatic hydroxyl groups is 1. The smallest absolute Gasteiger partial charge is 0.413 e. The van der Waals surface area contributed by atoms with E-state index in [1.807, 2.05) is 0 Å². The van der Waals surface area contributed by atoms with Crippen LogP contribution in [0.15, 0.2) is 47.2 Å². The average molecular weight is 782 g/mol. The van der Waals surface area contributed by atoms with Crippen molar-refractivity contribution in [2.75, 3.05) is 51.7 Å². The summed E-state index contributed by atoms with van der Waals surface area (Å²) in [5.74, 6) is -10.9. The number of hydrogen-bond donors (Lipinski definition) is 6. The number of anilines is 2. The molecule has 56 heavy (non-hydrogen) atoms. The quantitative estimate of drug-likeness (QED) is 0.0924. The number of amides is 3. The van der Waals surface area contributed by atoms with Crippen LogP contribution < -0.4 is 16.0 Å². The Hall–Kier alpha value is -6.01. The normalized spacial score (nSPS) is 21.9. The fourth-order valence-electron chi connectivity index (χ4n) is 7.61. The number of Topliss-reactive ketones (excluding diaryl/α,β-unsaturated/α-hetero) is 2. The van der Waals surface area contributed by atoms with Gasteiger partial charge in [-0.2, -0.15) is 0 Å². The molecule has 0 radical (unpaired) electrons. The fraction of sp³-hybridized carbons (Fsp3) is 0.421. The second kappa shape index (κ2) is 14.9. The van der Waals surface area contributed by atoms with Gasteiger partial charge in [0.15, 0.2) is 11.4 Å². The number of halogens is 1. The number of fused-ring (bicyclic) bond motifs is 3. The third kappa shape index (κ3) is 7.01. The second-order valence-electron chi connectivity index (χ2n) is 15.2. The van der Waals surface area contributed by atoms with E-state index in [4.69, 9.17) is 15.2 Å². The number of nitrogens with one attached hydrogen (secondary N) is 1. The Bertz CT molecular complexity index is 2110. The standard InChI is InChI=1S/C38H44FN5O12/c1-37(2,3)44(36(53)56-16-55-35(52)18-10-8-9-11-21(18)39)15-24(45)41-22-14-23(42(4)5)19-12-17-13-20-28(43(6)7)31(48)27(34(40)51)33(50)38(20,54)32(49)25(17)30(47)26(19)29(22)46/h8-11,14,17,20,28,46-47,50,54H,12-13,15-16H2,1-7H3,(H2,40,51)(H,41,45)/t17-,20-,28-,38-/m0/s1. The summed E-state index contributed by atoms with van der Waals surface area (Å²) in [6, 6.07) is 5.22. The number of aliphatic hydroxyl groups excluding tert-OH is 2. The molecule has 2 aromatic rings. The first-order chi connectivity index (χ1) is 26.0. The molecule has 18 heteroatoms. The van der Waals surface area contributed by atoms with Gasteiger partial charge in [0.05, 0.1) is 22.9 Å². The van der Waals surface area contributed by atoms with Crippen molar-refractivity contribution in [2.24, 2.45) is 17.6 Å². The van der Waals surface area contributed by atoms with E-state index in [0.717, 1.165) is 11.0 Å². The molecule has 17 nitrogen and oxygen atoms in total. The van der Waals surface area contributed by atoms with Crippen molar-refractivity contribution in [1.82, 2.24) is 9.80 Å². The Morgan fingerprint density at radius 3 is 2.25 bits per heavy atom. The Balaban J connectivity index is 1.46. The molecular formula is C38H44FN5O12. The topological polar surface area (TPSA) is 250 Å². The molecule has 1 fully saturated rings. The first kappa shape index (κ1) is 41.2. The molecule has 0 aromatic heterocycles. The first-order valence-corrected chi connectivity index (χ1v) is 17.4. The van der Waals surface area contributed by atoms with E-state index in [2.05, 4.69) is 5.32 Å². The molecule has 0 unspecified atom stereocenters. The average Bonchev–Trinajstić information content (AvgIpc) is 3.09. The van der Waals surface area contributed by atoms with Gasteiger partial charge in [-0.15, -0.1) is 0 Å². The summed E-state index contributed by atoms with van der Waals surface area (Å²) in [6.45, 7) is 3.23. The van der Waals surface area contributed by atoms with Gasteiger partial charge < -0.3 is 45.9 Å². The van der Waals surface area contributed by atoms with E-state index < -0.39 is 106 Å². The van der Waals surface area contributed by atoms with Gasteiger partial charge in [-0.25, -0.2) is 14.0 Å². The van der Waals surface area contributed by atoms with Crippen molar-refractivity contribution in [1.29, 1.82) is 0 Å². The van der Waals surface area contributed by atoms with E-state index in [9.17, 15) is 53.6 Å². The van der Waals surface area contributed by atoms with Crippen molar-refractivity contribution < 1.29 is 63.1 Å². The van der Waals surface area contributed by atoms with Crippen LogP contribution in [0.2, 0.25) is 0 Å². The van der Waals surface area contributed by atoms with Crippen LogP contribution in [0.25, 0.3) is 5.76 Å². The van der Waals surface area contributed by atoms with Crippen molar-refractivity contribution in [2.45, 2.75) is 50.8 Å². The zero-order valence-corrected chi connectivity index (χ0v) is 31.8. The van der Waals surface area contributed by atoms with Crippen LogP contribution in [-0.2, 0) is 35.1 Å². The largest absolute Gasteiger partial charge is 0.508 e. The maximum atomic E-state index is 14.3. The van der Waals surface area contributed by atoms with Crippen LogP contribution in [0, 0.1) is 17.7 Å². The van der Waals surface area contributed by atoms with Gasteiger partial charge in [0.2, 0.25) is 18.5 Å². The van der Waals surface area contributed by atoms with E-state index in [0.29, 0.717) is 11.3 Å².